The lowest BCUT2D eigenvalue weighted by molar-refractivity contribution is 0.174. The van der Waals surface area contributed by atoms with Crippen LogP contribution in [0.15, 0.2) is 18.2 Å². The van der Waals surface area contributed by atoms with E-state index in [4.69, 9.17) is 9.47 Å². The fourth-order valence-corrected chi connectivity index (χ4v) is 2.16. The highest BCUT2D eigenvalue weighted by Gasteiger charge is 2.15. The van der Waals surface area contributed by atoms with Gasteiger partial charge in [0, 0.05) is 18.3 Å². The Hall–Kier alpha value is -1.42. The topological polar surface area (TPSA) is 42.5 Å². The molecule has 0 radical (unpaired) electrons. The number of fused-ring (bicyclic) bond motifs is 1. The third kappa shape index (κ3) is 1.93. The first kappa shape index (κ1) is 9.78. The van der Waals surface area contributed by atoms with Crippen LogP contribution in [0.3, 0.4) is 0 Å². The average molecular weight is 220 g/mol. The molecule has 1 unspecified atom stereocenters. The van der Waals surface area contributed by atoms with Gasteiger partial charge in [0.25, 0.3) is 0 Å². The van der Waals surface area contributed by atoms with E-state index in [1.165, 1.54) is 6.42 Å². The standard InChI is InChI=1S/C12H16N2O2/c1-2-11-12(16-8-15-11)5-10(1)14-7-9-3-4-13-6-9/h1-2,5,9,13-14H,3-4,6-8H2. The normalized spacial score (nSPS) is 22.4. The van der Waals surface area contributed by atoms with E-state index >= 15 is 0 Å². The summed E-state index contributed by atoms with van der Waals surface area (Å²) in [6, 6.07) is 6.00. The predicted molar refractivity (Wildman–Crippen MR) is 62.0 cm³/mol. The summed E-state index contributed by atoms with van der Waals surface area (Å²) in [5.74, 6) is 2.42. The summed E-state index contributed by atoms with van der Waals surface area (Å²) >= 11 is 0. The number of anilines is 1. The first-order chi connectivity index (χ1) is 7.92. The fourth-order valence-electron chi connectivity index (χ4n) is 2.16. The Morgan fingerprint density at radius 2 is 2.25 bits per heavy atom. The minimum absolute atomic E-state index is 0.339. The van der Waals surface area contributed by atoms with Gasteiger partial charge < -0.3 is 20.1 Å². The Bertz CT molecular complexity index is 375. The zero-order valence-corrected chi connectivity index (χ0v) is 9.16. The van der Waals surface area contributed by atoms with E-state index in [-0.39, 0.29) is 0 Å². The van der Waals surface area contributed by atoms with Crippen molar-refractivity contribution in [1.82, 2.24) is 5.32 Å². The van der Waals surface area contributed by atoms with E-state index in [9.17, 15) is 0 Å². The number of hydrogen-bond acceptors (Lipinski definition) is 4. The largest absolute Gasteiger partial charge is 0.454 e. The van der Waals surface area contributed by atoms with Gasteiger partial charge in [-0.2, -0.15) is 0 Å². The minimum Gasteiger partial charge on any atom is -0.454 e. The highest BCUT2D eigenvalue weighted by molar-refractivity contribution is 5.55. The lowest BCUT2D eigenvalue weighted by Crippen LogP contribution is -2.17. The van der Waals surface area contributed by atoms with E-state index in [0.717, 1.165) is 42.7 Å². The van der Waals surface area contributed by atoms with Gasteiger partial charge in [-0.25, -0.2) is 0 Å². The maximum Gasteiger partial charge on any atom is 0.231 e. The molecule has 86 valence electrons. The Balaban J connectivity index is 1.61. The minimum atomic E-state index is 0.339. The molecule has 0 spiro atoms. The number of rotatable bonds is 3. The van der Waals surface area contributed by atoms with Crippen molar-refractivity contribution >= 4 is 5.69 Å². The molecule has 1 saturated heterocycles. The van der Waals surface area contributed by atoms with Crippen LogP contribution in [0.5, 0.6) is 11.5 Å². The van der Waals surface area contributed by atoms with E-state index < -0.39 is 0 Å². The summed E-state index contributed by atoms with van der Waals surface area (Å²) in [5.41, 5.74) is 1.11. The maximum absolute atomic E-state index is 5.34. The molecule has 2 aliphatic heterocycles. The molecule has 4 nitrogen and oxygen atoms in total. The maximum atomic E-state index is 5.34. The third-order valence-corrected chi connectivity index (χ3v) is 3.13. The van der Waals surface area contributed by atoms with E-state index in [1.54, 1.807) is 0 Å². The van der Waals surface area contributed by atoms with Crippen molar-refractivity contribution in [2.45, 2.75) is 6.42 Å². The molecule has 0 saturated carbocycles. The second kappa shape index (κ2) is 4.22. The number of hydrogen-bond donors (Lipinski definition) is 2. The predicted octanol–water partition coefficient (Wildman–Crippen LogP) is 1.44. The zero-order valence-electron chi connectivity index (χ0n) is 9.16. The van der Waals surface area contributed by atoms with Gasteiger partial charge in [0.2, 0.25) is 6.79 Å². The van der Waals surface area contributed by atoms with Gasteiger partial charge in [0.15, 0.2) is 11.5 Å². The van der Waals surface area contributed by atoms with Gasteiger partial charge in [0.1, 0.15) is 0 Å². The number of ether oxygens (including phenoxy) is 2. The van der Waals surface area contributed by atoms with Crippen LogP contribution in [0.25, 0.3) is 0 Å². The molecule has 2 aliphatic rings. The van der Waals surface area contributed by atoms with Crippen LogP contribution >= 0.6 is 0 Å². The summed E-state index contributed by atoms with van der Waals surface area (Å²) < 4.78 is 10.6. The molecular weight excluding hydrogens is 204 g/mol. The molecule has 0 aromatic heterocycles. The molecule has 4 heteroatoms. The second-order valence-electron chi connectivity index (χ2n) is 4.31. The molecule has 0 bridgehead atoms. The van der Waals surface area contributed by atoms with Crippen molar-refractivity contribution in [3.8, 4) is 11.5 Å². The Morgan fingerprint density at radius 1 is 1.31 bits per heavy atom. The van der Waals surface area contributed by atoms with E-state index in [1.807, 2.05) is 18.2 Å². The van der Waals surface area contributed by atoms with Crippen LogP contribution in [0.4, 0.5) is 5.69 Å². The van der Waals surface area contributed by atoms with Gasteiger partial charge in [-0.1, -0.05) is 0 Å². The third-order valence-electron chi connectivity index (χ3n) is 3.13. The molecule has 1 aromatic carbocycles. The molecular formula is C12H16N2O2. The SMILES string of the molecule is c1cc2c(cc1NCC1CCNC1)OCO2. The molecule has 16 heavy (non-hydrogen) atoms. The van der Waals surface area contributed by atoms with Crippen LogP contribution < -0.4 is 20.1 Å². The van der Waals surface area contributed by atoms with Crippen LogP contribution in [-0.4, -0.2) is 26.4 Å². The Labute approximate surface area is 94.9 Å². The first-order valence-electron chi connectivity index (χ1n) is 5.76. The highest BCUT2D eigenvalue weighted by Crippen LogP contribution is 2.34. The van der Waals surface area contributed by atoms with Crippen molar-refractivity contribution in [3.05, 3.63) is 18.2 Å². The number of benzene rings is 1. The van der Waals surface area contributed by atoms with Crippen LogP contribution in [-0.2, 0) is 0 Å². The highest BCUT2D eigenvalue weighted by atomic mass is 16.7. The Kier molecular flexibility index (Phi) is 2.58. The van der Waals surface area contributed by atoms with Gasteiger partial charge in [-0.3, -0.25) is 0 Å². The van der Waals surface area contributed by atoms with Gasteiger partial charge in [0.05, 0.1) is 0 Å². The molecule has 2 heterocycles. The van der Waals surface area contributed by atoms with Crippen molar-refractivity contribution in [2.75, 3.05) is 31.7 Å². The second-order valence-corrected chi connectivity index (χ2v) is 4.31. The fraction of sp³-hybridized carbons (Fsp3) is 0.500. The summed E-state index contributed by atoms with van der Waals surface area (Å²) in [5, 5.41) is 6.81. The molecule has 3 rings (SSSR count). The average Bonchev–Trinajstić information content (AvgIpc) is 2.97. The summed E-state index contributed by atoms with van der Waals surface area (Å²) in [6.07, 6.45) is 1.26. The molecule has 2 N–H and O–H groups in total. The summed E-state index contributed by atoms with van der Waals surface area (Å²) in [7, 11) is 0. The number of nitrogens with one attached hydrogen (secondary N) is 2. The van der Waals surface area contributed by atoms with Crippen molar-refractivity contribution in [3.63, 3.8) is 0 Å². The Morgan fingerprint density at radius 3 is 3.12 bits per heavy atom. The van der Waals surface area contributed by atoms with Crippen LogP contribution in [0, 0.1) is 5.92 Å². The lowest BCUT2D eigenvalue weighted by Gasteiger charge is -2.11. The zero-order chi connectivity index (χ0) is 10.8. The first-order valence-corrected chi connectivity index (χ1v) is 5.76. The molecule has 1 aromatic rings. The summed E-state index contributed by atoms with van der Waals surface area (Å²) in [4.78, 5) is 0. The van der Waals surface area contributed by atoms with Crippen molar-refractivity contribution in [2.24, 2.45) is 5.92 Å². The summed E-state index contributed by atoms with van der Waals surface area (Å²) in [6.45, 7) is 3.63. The quantitative estimate of drug-likeness (QED) is 0.809. The molecule has 0 aliphatic carbocycles. The molecule has 1 atom stereocenters. The van der Waals surface area contributed by atoms with Crippen molar-refractivity contribution < 1.29 is 9.47 Å². The van der Waals surface area contributed by atoms with Crippen molar-refractivity contribution in [1.29, 1.82) is 0 Å². The smallest absolute Gasteiger partial charge is 0.231 e. The van der Waals surface area contributed by atoms with Gasteiger partial charge >= 0.3 is 0 Å². The van der Waals surface area contributed by atoms with Crippen LogP contribution in [0.2, 0.25) is 0 Å². The molecule has 0 amide bonds. The van der Waals surface area contributed by atoms with Gasteiger partial charge in [-0.15, -0.1) is 0 Å². The van der Waals surface area contributed by atoms with E-state index in [0.29, 0.717) is 6.79 Å². The lowest BCUT2D eigenvalue weighted by atomic mass is 10.1. The monoisotopic (exact) mass is 220 g/mol. The molecule has 1 fully saturated rings. The van der Waals surface area contributed by atoms with E-state index in [2.05, 4.69) is 10.6 Å². The van der Waals surface area contributed by atoms with Gasteiger partial charge in [-0.05, 0) is 37.6 Å². The van der Waals surface area contributed by atoms with Crippen LogP contribution in [0.1, 0.15) is 6.42 Å².